The number of hydrogen-bond donors (Lipinski definition) is 2. The lowest BCUT2D eigenvalue weighted by Gasteiger charge is -2.19. The van der Waals surface area contributed by atoms with Crippen molar-refractivity contribution in [2.24, 2.45) is 0 Å². The van der Waals surface area contributed by atoms with Gasteiger partial charge in [0.2, 0.25) is 0 Å². The number of fused-ring (bicyclic) bond motifs is 1. The van der Waals surface area contributed by atoms with Crippen molar-refractivity contribution < 1.29 is 14.3 Å². The summed E-state index contributed by atoms with van der Waals surface area (Å²) in [5.74, 6) is 0.443. The fourth-order valence-corrected chi connectivity index (χ4v) is 3.63. The summed E-state index contributed by atoms with van der Waals surface area (Å²) in [6.45, 7) is 3.49. The standard InChI is InChI=1S/C25H28N6O3/c1-18-14-21(8-10-26-18)31-23-17-27-24(15-20(23)16-28-31)30-25(32)29-22(9-11-34-13-12-33-2)19-6-4-3-5-7-19/h3-8,10,14-17,22H,9,11-13H2,1-2H3,(H2,27,29,30,32)/t22-/m1/s1. The Morgan fingerprint density at radius 3 is 2.71 bits per heavy atom. The molecule has 0 radical (unpaired) electrons. The van der Waals surface area contributed by atoms with Crippen LogP contribution in [-0.4, -0.2) is 52.7 Å². The van der Waals surface area contributed by atoms with Crippen LogP contribution >= 0.6 is 0 Å². The number of aryl methyl sites for hydroxylation is 1. The molecule has 0 spiro atoms. The van der Waals surface area contributed by atoms with Crippen LogP contribution in [0.4, 0.5) is 10.6 Å². The third kappa shape index (κ3) is 5.94. The molecule has 1 atom stereocenters. The molecule has 0 unspecified atom stereocenters. The summed E-state index contributed by atoms with van der Waals surface area (Å²) in [5.41, 5.74) is 3.65. The van der Waals surface area contributed by atoms with Crippen molar-refractivity contribution in [2.45, 2.75) is 19.4 Å². The van der Waals surface area contributed by atoms with Gasteiger partial charge in [0.1, 0.15) is 5.82 Å². The Hall–Kier alpha value is -3.82. The number of nitrogens with one attached hydrogen (secondary N) is 2. The minimum atomic E-state index is -0.338. The average Bonchev–Trinajstić information content (AvgIpc) is 3.27. The Morgan fingerprint density at radius 2 is 1.91 bits per heavy atom. The molecular formula is C25H28N6O3. The number of ether oxygens (including phenoxy) is 2. The molecule has 0 saturated carbocycles. The summed E-state index contributed by atoms with van der Waals surface area (Å²) >= 11 is 0. The topological polar surface area (TPSA) is 103 Å². The summed E-state index contributed by atoms with van der Waals surface area (Å²) in [5, 5.41) is 11.2. The fourth-order valence-electron chi connectivity index (χ4n) is 3.63. The van der Waals surface area contributed by atoms with Gasteiger partial charge in [-0.1, -0.05) is 30.3 Å². The maximum atomic E-state index is 12.8. The summed E-state index contributed by atoms with van der Waals surface area (Å²) in [4.78, 5) is 21.4. The van der Waals surface area contributed by atoms with Crippen LogP contribution in [0.15, 0.2) is 67.1 Å². The van der Waals surface area contributed by atoms with Gasteiger partial charge in [0.15, 0.2) is 0 Å². The van der Waals surface area contributed by atoms with E-state index in [0.717, 1.165) is 27.8 Å². The van der Waals surface area contributed by atoms with Crippen molar-refractivity contribution in [1.29, 1.82) is 0 Å². The Bertz CT molecular complexity index is 1230. The number of carbonyl (C=O) groups is 1. The average molecular weight is 461 g/mol. The molecule has 9 heteroatoms. The van der Waals surface area contributed by atoms with Crippen LogP contribution in [0.1, 0.15) is 23.7 Å². The molecule has 2 amide bonds. The first-order chi connectivity index (χ1) is 16.6. The highest BCUT2D eigenvalue weighted by Crippen LogP contribution is 2.21. The quantitative estimate of drug-likeness (QED) is 0.346. The second-order valence-corrected chi connectivity index (χ2v) is 7.80. The van der Waals surface area contributed by atoms with E-state index in [1.807, 2.05) is 49.4 Å². The van der Waals surface area contributed by atoms with Gasteiger partial charge in [0.05, 0.1) is 42.9 Å². The van der Waals surface area contributed by atoms with Crippen LogP contribution in [0.3, 0.4) is 0 Å². The van der Waals surface area contributed by atoms with Crippen molar-refractivity contribution >= 4 is 22.8 Å². The van der Waals surface area contributed by atoms with E-state index in [1.165, 1.54) is 0 Å². The van der Waals surface area contributed by atoms with Crippen molar-refractivity contribution in [1.82, 2.24) is 25.1 Å². The summed E-state index contributed by atoms with van der Waals surface area (Å²) < 4.78 is 12.4. The van der Waals surface area contributed by atoms with Gasteiger partial charge < -0.3 is 14.8 Å². The molecule has 0 bridgehead atoms. The number of urea groups is 1. The predicted octanol–water partition coefficient (Wildman–Crippen LogP) is 4.04. The lowest BCUT2D eigenvalue weighted by atomic mass is 10.0. The molecule has 176 valence electrons. The summed E-state index contributed by atoms with van der Waals surface area (Å²) in [6, 6.07) is 14.9. The number of hydrogen-bond acceptors (Lipinski definition) is 6. The van der Waals surface area contributed by atoms with Gasteiger partial charge >= 0.3 is 6.03 Å². The first kappa shape index (κ1) is 23.3. The second-order valence-electron chi connectivity index (χ2n) is 7.80. The van der Waals surface area contributed by atoms with Crippen molar-refractivity contribution in [3.8, 4) is 5.69 Å². The molecule has 9 nitrogen and oxygen atoms in total. The molecule has 34 heavy (non-hydrogen) atoms. The lowest BCUT2D eigenvalue weighted by molar-refractivity contribution is 0.0662. The first-order valence-electron chi connectivity index (χ1n) is 11.1. The van der Waals surface area contributed by atoms with E-state index in [0.29, 0.717) is 32.1 Å². The minimum absolute atomic E-state index is 0.204. The van der Waals surface area contributed by atoms with Crippen LogP contribution in [-0.2, 0) is 9.47 Å². The molecular weight excluding hydrogens is 432 g/mol. The van der Waals surface area contributed by atoms with Gasteiger partial charge in [-0.3, -0.25) is 10.3 Å². The molecule has 0 aliphatic rings. The highest BCUT2D eigenvalue weighted by molar-refractivity contribution is 5.91. The Labute approximate surface area is 198 Å². The molecule has 3 heterocycles. The first-order valence-corrected chi connectivity index (χ1v) is 11.1. The minimum Gasteiger partial charge on any atom is -0.382 e. The summed E-state index contributed by atoms with van der Waals surface area (Å²) in [7, 11) is 1.64. The van der Waals surface area contributed by atoms with Crippen molar-refractivity contribution in [3.63, 3.8) is 0 Å². The van der Waals surface area contributed by atoms with E-state index in [2.05, 4.69) is 25.7 Å². The number of methoxy groups -OCH3 is 1. The van der Waals surface area contributed by atoms with Crippen LogP contribution in [0.2, 0.25) is 0 Å². The third-order valence-electron chi connectivity index (χ3n) is 5.31. The van der Waals surface area contributed by atoms with E-state index in [1.54, 1.807) is 36.4 Å². The van der Waals surface area contributed by atoms with Gasteiger partial charge in [-0.25, -0.2) is 14.5 Å². The Balaban J connectivity index is 1.43. The SMILES string of the molecule is COCCOCC[C@@H](NC(=O)Nc1cc2cnn(-c3ccnc(C)c3)c2cn1)c1ccccc1. The van der Waals surface area contributed by atoms with E-state index in [9.17, 15) is 4.79 Å². The zero-order valence-electron chi connectivity index (χ0n) is 19.3. The normalized spacial score (nSPS) is 11.9. The van der Waals surface area contributed by atoms with Crippen LogP contribution in [0, 0.1) is 6.92 Å². The van der Waals surface area contributed by atoms with E-state index in [4.69, 9.17) is 9.47 Å². The molecule has 0 aliphatic heterocycles. The van der Waals surface area contributed by atoms with E-state index < -0.39 is 0 Å². The van der Waals surface area contributed by atoms with Crippen LogP contribution in [0.25, 0.3) is 16.6 Å². The number of benzene rings is 1. The zero-order valence-corrected chi connectivity index (χ0v) is 19.3. The van der Waals surface area contributed by atoms with Crippen LogP contribution in [0.5, 0.6) is 0 Å². The number of nitrogens with zero attached hydrogens (tertiary/aromatic N) is 4. The second kappa shape index (κ2) is 11.4. The number of amides is 2. The van der Waals surface area contributed by atoms with Crippen molar-refractivity contribution in [2.75, 3.05) is 32.2 Å². The molecule has 1 aromatic carbocycles. The van der Waals surface area contributed by atoms with Gasteiger partial charge in [-0.05, 0) is 37.1 Å². The fraction of sp³-hybridized carbons (Fsp3) is 0.280. The van der Waals surface area contributed by atoms with E-state index in [-0.39, 0.29) is 12.1 Å². The Morgan fingerprint density at radius 1 is 1.06 bits per heavy atom. The maximum absolute atomic E-state index is 12.8. The zero-order chi connectivity index (χ0) is 23.8. The third-order valence-corrected chi connectivity index (χ3v) is 5.31. The lowest BCUT2D eigenvalue weighted by Crippen LogP contribution is -2.33. The van der Waals surface area contributed by atoms with Gasteiger partial charge in [-0.2, -0.15) is 5.10 Å². The predicted molar refractivity (Wildman–Crippen MR) is 130 cm³/mol. The van der Waals surface area contributed by atoms with Gasteiger partial charge in [0, 0.05) is 31.0 Å². The smallest absolute Gasteiger partial charge is 0.320 e. The molecule has 2 N–H and O–H groups in total. The largest absolute Gasteiger partial charge is 0.382 e. The molecule has 0 fully saturated rings. The number of pyridine rings is 2. The molecule has 3 aromatic heterocycles. The highest BCUT2D eigenvalue weighted by atomic mass is 16.5. The number of carbonyl (C=O) groups excluding carboxylic acids is 1. The molecule has 0 aliphatic carbocycles. The van der Waals surface area contributed by atoms with E-state index >= 15 is 0 Å². The van der Waals surface area contributed by atoms with Gasteiger partial charge in [0.25, 0.3) is 0 Å². The number of anilines is 1. The monoisotopic (exact) mass is 460 g/mol. The highest BCUT2D eigenvalue weighted by Gasteiger charge is 2.16. The Kier molecular flexibility index (Phi) is 7.79. The molecule has 4 aromatic rings. The number of rotatable bonds is 10. The van der Waals surface area contributed by atoms with Gasteiger partial charge in [-0.15, -0.1) is 0 Å². The number of aromatic nitrogens is 4. The van der Waals surface area contributed by atoms with Crippen LogP contribution < -0.4 is 10.6 Å². The summed E-state index contributed by atoms with van der Waals surface area (Å²) in [6.07, 6.45) is 5.83. The molecule has 4 rings (SSSR count). The molecule has 0 saturated heterocycles. The van der Waals surface area contributed by atoms with Crippen molar-refractivity contribution in [3.05, 3.63) is 78.4 Å². The maximum Gasteiger partial charge on any atom is 0.320 e.